The first kappa shape index (κ1) is 17.7. The number of ether oxygens (including phenoxy) is 1. The predicted octanol–water partition coefficient (Wildman–Crippen LogP) is 3.40. The molecule has 3 rings (SSSR count). The number of amides is 1. The van der Waals surface area contributed by atoms with Gasteiger partial charge in [0.15, 0.2) is 0 Å². The Morgan fingerprint density at radius 2 is 2.08 bits per heavy atom. The van der Waals surface area contributed by atoms with Crippen LogP contribution in [0.4, 0.5) is 4.39 Å². The summed E-state index contributed by atoms with van der Waals surface area (Å²) in [7, 11) is 3.44. The van der Waals surface area contributed by atoms with Crippen LogP contribution in [0, 0.1) is 12.7 Å². The van der Waals surface area contributed by atoms with E-state index in [0.29, 0.717) is 17.1 Å². The SMILES string of the molecule is COc1cccc([C@@H](NC(=O)c2ccc(C)c(F)c2)c2nccn2C)c1. The molecule has 1 heterocycles. The van der Waals surface area contributed by atoms with Crippen molar-refractivity contribution in [3.8, 4) is 5.75 Å². The van der Waals surface area contributed by atoms with E-state index in [9.17, 15) is 9.18 Å². The van der Waals surface area contributed by atoms with Crippen molar-refractivity contribution >= 4 is 5.91 Å². The molecule has 0 bridgehead atoms. The standard InChI is InChI=1S/C20H20FN3O2/c1-13-7-8-15(12-17(13)21)20(25)23-18(19-22-9-10-24(19)2)14-5-4-6-16(11-14)26-3/h4-12,18H,1-3H3,(H,23,25)/t18-/m1/s1. The first-order valence-corrected chi connectivity index (χ1v) is 8.18. The molecule has 0 saturated carbocycles. The fraction of sp³-hybridized carbons (Fsp3) is 0.200. The molecular weight excluding hydrogens is 333 g/mol. The van der Waals surface area contributed by atoms with Crippen molar-refractivity contribution in [2.75, 3.05) is 7.11 Å². The smallest absolute Gasteiger partial charge is 0.252 e. The summed E-state index contributed by atoms with van der Waals surface area (Å²) >= 11 is 0. The summed E-state index contributed by atoms with van der Waals surface area (Å²) in [5, 5.41) is 2.95. The Morgan fingerprint density at radius 1 is 1.27 bits per heavy atom. The lowest BCUT2D eigenvalue weighted by molar-refractivity contribution is 0.0940. The first-order valence-electron chi connectivity index (χ1n) is 8.18. The lowest BCUT2D eigenvalue weighted by Gasteiger charge is -2.20. The predicted molar refractivity (Wildman–Crippen MR) is 96.6 cm³/mol. The Kier molecular flexibility index (Phi) is 5.02. The molecule has 0 unspecified atom stereocenters. The molecule has 2 aromatic carbocycles. The van der Waals surface area contributed by atoms with Gasteiger partial charge in [-0.05, 0) is 42.3 Å². The number of hydrogen-bond acceptors (Lipinski definition) is 3. The number of nitrogens with one attached hydrogen (secondary N) is 1. The van der Waals surface area contributed by atoms with Crippen molar-refractivity contribution in [2.24, 2.45) is 7.05 Å². The van der Waals surface area contributed by atoms with E-state index in [4.69, 9.17) is 4.74 Å². The highest BCUT2D eigenvalue weighted by molar-refractivity contribution is 5.94. The third-order valence-corrected chi connectivity index (χ3v) is 4.25. The average molecular weight is 353 g/mol. The van der Waals surface area contributed by atoms with Gasteiger partial charge in [-0.3, -0.25) is 4.79 Å². The Balaban J connectivity index is 1.97. The number of aryl methyl sites for hydroxylation is 2. The molecule has 1 N–H and O–H groups in total. The molecule has 134 valence electrons. The number of rotatable bonds is 5. The second kappa shape index (κ2) is 7.39. The van der Waals surface area contributed by atoms with E-state index < -0.39 is 11.9 Å². The Hall–Kier alpha value is -3.15. The average Bonchev–Trinajstić information content (AvgIpc) is 3.07. The summed E-state index contributed by atoms with van der Waals surface area (Å²) in [4.78, 5) is 17.1. The Labute approximate surface area is 151 Å². The molecule has 1 amide bonds. The minimum Gasteiger partial charge on any atom is -0.497 e. The van der Waals surface area contributed by atoms with Gasteiger partial charge < -0.3 is 14.6 Å². The number of methoxy groups -OCH3 is 1. The van der Waals surface area contributed by atoms with Crippen molar-refractivity contribution in [3.05, 3.63) is 83.2 Å². The van der Waals surface area contributed by atoms with E-state index >= 15 is 0 Å². The molecule has 3 aromatic rings. The molecule has 26 heavy (non-hydrogen) atoms. The number of nitrogens with zero attached hydrogens (tertiary/aromatic N) is 2. The van der Waals surface area contributed by atoms with Crippen LogP contribution >= 0.6 is 0 Å². The molecule has 0 spiro atoms. The van der Waals surface area contributed by atoms with E-state index in [1.165, 1.54) is 6.07 Å². The number of aromatic nitrogens is 2. The number of hydrogen-bond donors (Lipinski definition) is 1. The maximum atomic E-state index is 13.8. The molecule has 0 aliphatic rings. The summed E-state index contributed by atoms with van der Waals surface area (Å²) in [6.07, 6.45) is 3.47. The van der Waals surface area contributed by atoms with Crippen molar-refractivity contribution in [1.29, 1.82) is 0 Å². The molecule has 5 nitrogen and oxygen atoms in total. The lowest BCUT2D eigenvalue weighted by Crippen LogP contribution is -2.31. The van der Waals surface area contributed by atoms with Crippen LogP contribution in [0.1, 0.15) is 33.4 Å². The largest absolute Gasteiger partial charge is 0.497 e. The highest BCUT2D eigenvalue weighted by Gasteiger charge is 2.22. The Bertz CT molecular complexity index is 936. The van der Waals surface area contributed by atoms with Gasteiger partial charge in [0.1, 0.15) is 23.4 Å². The zero-order chi connectivity index (χ0) is 18.7. The van der Waals surface area contributed by atoms with E-state index in [2.05, 4.69) is 10.3 Å². The number of carbonyl (C=O) groups is 1. The van der Waals surface area contributed by atoms with Gasteiger partial charge in [0.05, 0.1) is 7.11 Å². The fourth-order valence-corrected chi connectivity index (χ4v) is 2.72. The number of halogens is 1. The van der Waals surface area contributed by atoms with E-state index in [1.54, 1.807) is 38.6 Å². The molecule has 1 aromatic heterocycles. The van der Waals surface area contributed by atoms with Gasteiger partial charge in [0.25, 0.3) is 5.91 Å². The van der Waals surface area contributed by atoms with Crippen LogP contribution < -0.4 is 10.1 Å². The van der Waals surface area contributed by atoms with Crippen LogP contribution in [-0.2, 0) is 7.05 Å². The van der Waals surface area contributed by atoms with Crippen molar-refractivity contribution < 1.29 is 13.9 Å². The van der Waals surface area contributed by atoms with Crippen LogP contribution in [0.15, 0.2) is 54.9 Å². The summed E-state index contributed by atoms with van der Waals surface area (Å²) in [5.74, 6) is 0.559. The number of benzene rings is 2. The third kappa shape index (κ3) is 3.59. The Morgan fingerprint density at radius 3 is 2.73 bits per heavy atom. The van der Waals surface area contributed by atoms with Crippen LogP contribution in [0.5, 0.6) is 5.75 Å². The summed E-state index contributed by atoms with van der Waals surface area (Å²) in [6, 6.07) is 11.3. The zero-order valence-corrected chi connectivity index (χ0v) is 14.9. The van der Waals surface area contributed by atoms with Crippen LogP contribution in [0.3, 0.4) is 0 Å². The number of carbonyl (C=O) groups excluding carboxylic acids is 1. The zero-order valence-electron chi connectivity index (χ0n) is 14.9. The number of imidazole rings is 1. The maximum absolute atomic E-state index is 13.8. The van der Waals surface area contributed by atoms with Crippen molar-refractivity contribution in [1.82, 2.24) is 14.9 Å². The lowest BCUT2D eigenvalue weighted by atomic mass is 10.0. The summed E-state index contributed by atoms with van der Waals surface area (Å²) in [6.45, 7) is 1.66. The highest BCUT2D eigenvalue weighted by atomic mass is 19.1. The van der Waals surface area contributed by atoms with Gasteiger partial charge in [0.2, 0.25) is 0 Å². The van der Waals surface area contributed by atoms with Gasteiger partial charge >= 0.3 is 0 Å². The topological polar surface area (TPSA) is 56.1 Å². The molecule has 0 aliphatic heterocycles. The molecular formula is C20H20FN3O2. The maximum Gasteiger partial charge on any atom is 0.252 e. The van der Waals surface area contributed by atoms with Crippen LogP contribution in [0.2, 0.25) is 0 Å². The monoisotopic (exact) mass is 353 g/mol. The van der Waals surface area contributed by atoms with E-state index in [-0.39, 0.29) is 11.5 Å². The minimum absolute atomic E-state index is 0.259. The highest BCUT2D eigenvalue weighted by Crippen LogP contribution is 2.24. The van der Waals surface area contributed by atoms with Gasteiger partial charge in [-0.1, -0.05) is 18.2 Å². The van der Waals surface area contributed by atoms with E-state index in [0.717, 1.165) is 5.56 Å². The molecule has 1 atom stereocenters. The van der Waals surface area contributed by atoms with Crippen molar-refractivity contribution in [2.45, 2.75) is 13.0 Å². The fourth-order valence-electron chi connectivity index (χ4n) is 2.72. The molecule has 0 radical (unpaired) electrons. The molecule has 6 heteroatoms. The van der Waals surface area contributed by atoms with Crippen LogP contribution in [0.25, 0.3) is 0 Å². The quantitative estimate of drug-likeness (QED) is 0.765. The minimum atomic E-state index is -0.498. The summed E-state index contributed by atoms with van der Waals surface area (Å²) in [5.41, 5.74) is 1.57. The second-order valence-electron chi connectivity index (χ2n) is 6.04. The van der Waals surface area contributed by atoms with Gasteiger partial charge in [0, 0.05) is 25.0 Å². The van der Waals surface area contributed by atoms with Gasteiger partial charge in [-0.2, -0.15) is 0 Å². The first-order chi connectivity index (χ1) is 12.5. The molecule has 0 aliphatic carbocycles. The third-order valence-electron chi connectivity index (χ3n) is 4.25. The van der Waals surface area contributed by atoms with E-state index in [1.807, 2.05) is 35.9 Å². The van der Waals surface area contributed by atoms with Crippen molar-refractivity contribution in [3.63, 3.8) is 0 Å². The van der Waals surface area contributed by atoms with Gasteiger partial charge in [-0.25, -0.2) is 9.37 Å². The van der Waals surface area contributed by atoms with Gasteiger partial charge in [-0.15, -0.1) is 0 Å². The molecule has 0 saturated heterocycles. The molecule has 0 fully saturated rings. The normalized spacial score (nSPS) is 11.8. The van der Waals surface area contributed by atoms with Crippen LogP contribution in [-0.4, -0.2) is 22.6 Å². The summed E-state index contributed by atoms with van der Waals surface area (Å²) < 4.78 is 20.9. The second-order valence-corrected chi connectivity index (χ2v) is 6.04.